The van der Waals surface area contributed by atoms with Crippen LogP contribution >= 0.6 is 15.9 Å². The number of aromatic nitrogens is 1. The Morgan fingerprint density at radius 3 is 2.57 bits per heavy atom. The number of carbonyl (C=O) groups is 1. The third kappa shape index (κ3) is 3.52. The number of hydrogen-bond donors (Lipinski definition) is 2. The summed E-state index contributed by atoms with van der Waals surface area (Å²) in [6.45, 7) is 0. The number of nitrogens with one attached hydrogen (secondary N) is 2. The predicted molar refractivity (Wildman–Crippen MR) is 74.2 cm³/mol. The van der Waals surface area contributed by atoms with Crippen LogP contribution in [0.1, 0.15) is 15.9 Å². The molecule has 1 aromatic carbocycles. The third-order valence-corrected chi connectivity index (χ3v) is 3.30. The van der Waals surface area contributed by atoms with Crippen LogP contribution in [-0.4, -0.2) is 10.9 Å². The molecule has 8 heteroatoms. The monoisotopic (exact) mass is 360 g/mol. The maximum absolute atomic E-state index is 12.6. The molecule has 0 unspecified atom stereocenters. The molecule has 2 aromatic rings. The summed E-state index contributed by atoms with van der Waals surface area (Å²) >= 11 is 3.05. The Balaban J connectivity index is 2.34. The molecule has 0 atom stereocenters. The van der Waals surface area contributed by atoms with Gasteiger partial charge in [0.15, 0.2) is 5.43 Å². The predicted octanol–water partition coefficient (Wildman–Crippen LogP) is 3.41. The lowest BCUT2D eigenvalue weighted by atomic mass is 10.2. The molecule has 110 valence electrons. The minimum atomic E-state index is -4.52. The van der Waals surface area contributed by atoms with E-state index in [9.17, 15) is 22.8 Å². The molecule has 0 bridgehead atoms. The Labute approximate surface area is 125 Å². The molecule has 0 aliphatic heterocycles. The van der Waals surface area contributed by atoms with Gasteiger partial charge >= 0.3 is 6.18 Å². The number of alkyl halides is 3. The largest absolute Gasteiger partial charge is 0.416 e. The topological polar surface area (TPSA) is 62.0 Å². The number of carbonyl (C=O) groups excluding carboxylic acids is 1. The van der Waals surface area contributed by atoms with Gasteiger partial charge in [0.1, 0.15) is 5.56 Å². The lowest BCUT2D eigenvalue weighted by Crippen LogP contribution is -2.21. The summed E-state index contributed by atoms with van der Waals surface area (Å²) < 4.78 is 38.2. The number of hydrogen-bond acceptors (Lipinski definition) is 2. The van der Waals surface area contributed by atoms with Crippen molar-refractivity contribution in [2.24, 2.45) is 0 Å². The minimum Gasteiger partial charge on any atom is -0.367 e. The van der Waals surface area contributed by atoms with Gasteiger partial charge in [-0.1, -0.05) is 0 Å². The van der Waals surface area contributed by atoms with Crippen LogP contribution in [0.2, 0.25) is 0 Å². The van der Waals surface area contributed by atoms with Gasteiger partial charge in [-0.05, 0) is 34.1 Å². The second kappa shape index (κ2) is 5.72. The standard InChI is InChI=1S/C13H8BrF3N2O2/c14-9-2-1-7(13(15,16)17)5-10(9)19-12(21)8-6-18-4-3-11(8)20/h1-6H,(H,18,20)(H,19,21). The molecule has 0 spiro atoms. The molecule has 2 rings (SSSR count). The number of pyridine rings is 1. The highest BCUT2D eigenvalue weighted by atomic mass is 79.9. The number of rotatable bonds is 2. The van der Waals surface area contributed by atoms with Crippen molar-refractivity contribution in [1.29, 1.82) is 0 Å². The van der Waals surface area contributed by atoms with Gasteiger partial charge in [-0.25, -0.2) is 0 Å². The lowest BCUT2D eigenvalue weighted by molar-refractivity contribution is -0.137. The highest BCUT2D eigenvalue weighted by Crippen LogP contribution is 2.34. The minimum absolute atomic E-state index is 0.0712. The average Bonchev–Trinajstić information content (AvgIpc) is 2.40. The highest BCUT2D eigenvalue weighted by Gasteiger charge is 2.31. The highest BCUT2D eigenvalue weighted by molar-refractivity contribution is 9.10. The van der Waals surface area contributed by atoms with Crippen molar-refractivity contribution in [3.05, 3.63) is 62.5 Å². The van der Waals surface area contributed by atoms with E-state index in [4.69, 9.17) is 0 Å². The van der Waals surface area contributed by atoms with Crippen LogP contribution < -0.4 is 10.7 Å². The molecule has 1 amide bonds. The van der Waals surface area contributed by atoms with Gasteiger partial charge in [0.05, 0.1) is 11.3 Å². The molecular formula is C13H8BrF3N2O2. The molecule has 4 nitrogen and oxygen atoms in total. The molecule has 0 fully saturated rings. The number of amides is 1. The SMILES string of the molecule is O=C(Nc1cc(C(F)(F)F)ccc1Br)c1c[nH]ccc1=O. The van der Waals surface area contributed by atoms with E-state index in [1.807, 2.05) is 0 Å². The number of aromatic amines is 1. The quantitative estimate of drug-likeness (QED) is 0.861. The number of benzene rings is 1. The summed E-state index contributed by atoms with van der Waals surface area (Å²) in [4.78, 5) is 26.0. The van der Waals surface area contributed by atoms with E-state index < -0.39 is 23.1 Å². The average molecular weight is 361 g/mol. The summed E-state index contributed by atoms with van der Waals surface area (Å²) in [5, 5.41) is 2.27. The second-order valence-corrected chi connectivity index (χ2v) is 4.92. The van der Waals surface area contributed by atoms with Crippen molar-refractivity contribution < 1.29 is 18.0 Å². The fourth-order valence-electron chi connectivity index (χ4n) is 1.58. The number of anilines is 1. The van der Waals surface area contributed by atoms with E-state index in [-0.39, 0.29) is 15.7 Å². The van der Waals surface area contributed by atoms with E-state index in [2.05, 4.69) is 26.2 Å². The van der Waals surface area contributed by atoms with E-state index in [1.165, 1.54) is 18.5 Å². The van der Waals surface area contributed by atoms with Crippen molar-refractivity contribution >= 4 is 27.5 Å². The fraction of sp³-hybridized carbons (Fsp3) is 0.0769. The van der Waals surface area contributed by atoms with Crippen LogP contribution in [0.15, 0.2) is 45.9 Å². The molecular weight excluding hydrogens is 353 g/mol. The molecule has 0 aliphatic rings. The van der Waals surface area contributed by atoms with Crippen molar-refractivity contribution in [3.8, 4) is 0 Å². The van der Waals surface area contributed by atoms with Gasteiger partial charge in [0, 0.05) is 22.9 Å². The summed E-state index contributed by atoms with van der Waals surface area (Å²) in [7, 11) is 0. The smallest absolute Gasteiger partial charge is 0.367 e. The maximum atomic E-state index is 12.6. The van der Waals surface area contributed by atoms with Gasteiger partial charge in [0.2, 0.25) is 0 Å². The van der Waals surface area contributed by atoms with Gasteiger partial charge in [-0.2, -0.15) is 13.2 Å². The Bertz CT molecular complexity index is 741. The molecule has 0 aliphatic carbocycles. The van der Waals surface area contributed by atoms with Crippen molar-refractivity contribution in [2.45, 2.75) is 6.18 Å². The first kappa shape index (κ1) is 15.3. The van der Waals surface area contributed by atoms with Crippen LogP contribution in [0, 0.1) is 0 Å². The maximum Gasteiger partial charge on any atom is 0.416 e. The second-order valence-electron chi connectivity index (χ2n) is 4.07. The first-order valence-electron chi connectivity index (χ1n) is 5.64. The van der Waals surface area contributed by atoms with E-state index >= 15 is 0 Å². The van der Waals surface area contributed by atoms with E-state index in [0.717, 1.165) is 18.2 Å². The number of H-pyrrole nitrogens is 1. The van der Waals surface area contributed by atoms with Crippen LogP contribution in [0.25, 0.3) is 0 Å². The van der Waals surface area contributed by atoms with E-state index in [1.54, 1.807) is 0 Å². The molecule has 0 saturated heterocycles. The Morgan fingerprint density at radius 1 is 1.24 bits per heavy atom. The number of halogens is 4. The third-order valence-electron chi connectivity index (χ3n) is 2.61. The molecule has 1 aromatic heterocycles. The fourth-order valence-corrected chi connectivity index (χ4v) is 1.93. The normalized spacial score (nSPS) is 11.2. The van der Waals surface area contributed by atoms with Gasteiger partial charge in [-0.15, -0.1) is 0 Å². The Kier molecular flexibility index (Phi) is 4.17. The van der Waals surface area contributed by atoms with Crippen LogP contribution in [0.3, 0.4) is 0 Å². The van der Waals surface area contributed by atoms with Gasteiger partial charge in [-0.3, -0.25) is 9.59 Å². The van der Waals surface area contributed by atoms with Crippen molar-refractivity contribution in [3.63, 3.8) is 0 Å². The molecule has 21 heavy (non-hydrogen) atoms. The summed E-state index contributed by atoms with van der Waals surface area (Å²) in [5.74, 6) is -0.795. The summed E-state index contributed by atoms with van der Waals surface area (Å²) in [6, 6.07) is 4.00. The van der Waals surface area contributed by atoms with Crippen LogP contribution in [-0.2, 0) is 6.18 Å². The lowest BCUT2D eigenvalue weighted by Gasteiger charge is -2.11. The molecule has 1 heterocycles. The van der Waals surface area contributed by atoms with Crippen LogP contribution in [0.4, 0.5) is 18.9 Å². The molecule has 2 N–H and O–H groups in total. The van der Waals surface area contributed by atoms with Gasteiger partial charge in [0.25, 0.3) is 5.91 Å². The molecule has 0 saturated carbocycles. The Morgan fingerprint density at radius 2 is 1.95 bits per heavy atom. The van der Waals surface area contributed by atoms with E-state index in [0.29, 0.717) is 0 Å². The first-order chi connectivity index (χ1) is 9.79. The zero-order chi connectivity index (χ0) is 15.6. The molecule has 0 radical (unpaired) electrons. The van der Waals surface area contributed by atoms with Crippen LogP contribution in [0.5, 0.6) is 0 Å². The zero-order valence-electron chi connectivity index (χ0n) is 10.3. The van der Waals surface area contributed by atoms with Crippen molar-refractivity contribution in [1.82, 2.24) is 4.98 Å². The van der Waals surface area contributed by atoms with Crippen molar-refractivity contribution in [2.75, 3.05) is 5.32 Å². The zero-order valence-corrected chi connectivity index (χ0v) is 11.9. The first-order valence-corrected chi connectivity index (χ1v) is 6.43. The van der Waals surface area contributed by atoms with Gasteiger partial charge < -0.3 is 10.3 Å². The summed E-state index contributed by atoms with van der Waals surface area (Å²) in [6.07, 6.45) is -2.00. The summed E-state index contributed by atoms with van der Waals surface area (Å²) in [5.41, 5.74) is -1.70. The Hall–Kier alpha value is -2.09.